The molecule has 3 rings (SSSR count). The molecule has 0 amide bonds. The first-order chi connectivity index (χ1) is 9.85. The topological polar surface area (TPSA) is 0 Å². The summed E-state index contributed by atoms with van der Waals surface area (Å²) in [5.41, 5.74) is 7.77. The molecule has 0 unspecified atom stereocenters. The van der Waals surface area contributed by atoms with E-state index in [1.54, 1.807) is 21.6 Å². The summed E-state index contributed by atoms with van der Waals surface area (Å²) in [5, 5.41) is 2.26. The lowest BCUT2D eigenvalue weighted by Gasteiger charge is -2.08. The molecular weight excluding hydrogens is 260 g/mol. The van der Waals surface area contributed by atoms with E-state index in [-0.39, 0.29) is 0 Å². The third-order valence-corrected chi connectivity index (χ3v) is 5.13. The highest BCUT2D eigenvalue weighted by molar-refractivity contribution is 7.11. The molecule has 1 aromatic heterocycles. The molecule has 0 nitrogen and oxygen atoms in total. The molecule has 20 heavy (non-hydrogen) atoms. The first kappa shape index (κ1) is 13.6. The molecule has 1 aliphatic rings. The zero-order chi connectivity index (χ0) is 13.9. The van der Waals surface area contributed by atoms with E-state index in [4.69, 9.17) is 0 Å². The van der Waals surface area contributed by atoms with Crippen LogP contribution in [-0.4, -0.2) is 0 Å². The molecule has 1 aromatic carbocycles. The molecule has 1 heterocycles. The predicted octanol–water partition coefficient (Wildman–Crippen LogP) is 5.97. The van der Waals surface area contributed by atoms with E-state index in [9.17, 15) is 0 Å². The van der Waals surface area contributed by atoms with E-state index in [1.807, 2.05) is 11.3 Å². The molecule has 0 saturated heterocycles. The van der Waals surface area contributed by atoms with Gasteiger partial charge in [0.05, 0.1) is 0 Å². The number of fused-ring (bicyclic) bond motifs is 1. The maximum Gasteiger partial charge on any atom is 0.0340 e. The lowest BCUT2D eigenvalue weighted by atomic mass is 9.99. The van der Waals surface area contributed by atoms with Crippen molar-refractivity contribution in [2.75, 3.05) is 0 Å². The Kier molecular flexibility index (Phi) is 4.07. The lowest BCUT2D eigenvalue weighted by molar-refractivity contribution is 0.923. The third kappa shape index (κ3) is 2.35. The molecule has 0 bridgehead atoms. The molecule has 1 heteroatoms. The number of benzene rings is 1. The average molecular weight is 282 g/mol. The number of hydrogen-bond acceptors (Lipinski definition) is 1. The maximum absolute atomic E-state index is 2.32. The summed E-state index contributed by atoms with van der Waals surface area (Å²) in [6, 6.07) is 11.3. The van der Waals surface area contributed by atoms with Crippen LogP contribution < -0.4 is 0 Å². The Hall–Kier alpha value is -1.34. The van der Waals surface area contributed by atoms with Crippen molar-refractivity contribution >= 4 is 22.5 Å². The maximum atomic E-state index is 2.32. The van der Waals surface area contributed by atoms with Gasteiger partial charge in [0, 0.05) is 4.88 Å². The molecule has 104 valence electrons. The largest absolute Gasteiger partial charge is 0.144 e. The van der Waals surface area contributed by atoms with Gasteiger partial charge in [-0.05, 0) is 58.5 Å². The van der Waals surface area contributed by atoms with E-state index in [0.717, 1.165) is 6.42 Å². The normalized spacial score (nSPS) is 13.9. The summed E-state index contributed by atoms with van der Waals surface area (Å²) >= 11 is 1.93. The summed E-state index contributed by atoms with van der Waals surface area (Å²) in [5.74, 6) is 0. The van der Waals surface area contributed by atoms with Gasteiger partial charge < -0.3 is 0 Å². The Morgan fingerprint density at radius 2 is 1.80 bits per heavy atom. The van der Waals surface area contributed by atoms with Crippen molar-refractivity contribution in [2.24, 2.45) is 0 Å². The van der Waals surface area contributed by atoms with Gasteiger partial charge in [-0.15, -0.1) is 11.3 Å². The molecular formula is C19H22S. The van der Waals surface area contributed by atoms with E-state index in [1.165, 1.54) is 36.8 Å². The molecule has 0 fully saturated rings. The number of thiophene rings is 1. The van der Waals surface area contributed by atoms with Crippen molar-refractivity contribution in [1.29, 1.82) is 0 Å². The highest BCUT2D eigenvalue weighted by Gasteiger charge is 2.23. The van der Waals surface area contributed by atoms with Gasteiger partial charge in [-0.2, -0.15) is 0 Å². The molecule has 0 atom stereocenters. The van der Waals surface area contributed by atoms with Crippen LogP contribution in [-0.2, 0) is 12.8 Å². The van der Waals surface area contributed by atoms with Crippen LogP contribution in [0.15, 0.2) is 35.7 Å². The molecule has 0 saturated carbocycles. The SMILES string of the molecule is CCCC1=C(c2sccc2CCC)Cc2ccccc21. The standard InChI is InChI=1S/C19H22S/c1-3-7-14-11-12-20-19(14)18-13-15-9-5-6-10-16(15)17(18)8-4-2/h5-6,9-12H,3-4,7-8,13H2,1-2H3. The fraction of sp³-hybridized carbons (Fsp3) is 0.368. The number of hydrogen-bond donors (Lipinski definition) is 0. The van der Waals surface area contributed by atoms with E-state index < -0.39 is 0 Å². The third-order valence-electron chi connectivity index (χ3n) is 4.11. The fourth-order valence-electron chi connectivity index (χ4n) is 3.25. The second-order valence-corrected chi connectivity index (χ2v) is 6.48. The predicted molar refractivity (Wildman–Crippen MR) is 90.2 cm³/mol. The van der Waals surface area contributed by atoms with E-state index >= 15 is 0 Å². The molecule has 0 aliphatic heterocycles. The molecule has 0 N–H and O–H groups in total. The Morgan fingerprint density at radius 1 is 1.00 bits per heavy atom. The average Bonchev–Trinajstić information content (AvgIpc) is 3.05. The molecule has 2 aromatic rings. The van der Waals surface area contributed by atoms with Crippen molar-refractivity contribution < 1.29 is 0 Å². The van der Waals surface area contributed by atoms with Crippen molar-refractivity contribution in [2.45, 2.75) is 46.0 Å². The van der Waals surface area contributed by atoms with Gasteiger partial charge in [-0.25, -0.2) is 0 Å². The number of aryl methyl sites for hydroxylation is 1. The summed E-state index contributed by atoms with van der Waals surface area (Å²) in [7, 11) is 0. The van der Waals surface area contributed by atoms with Crippen LogP contribution in [0.3, 0.4) is 0 Å². The number of allylic oxidation sites excluding steroid dienone is 2. The second kappa shape index (κ2) is 5.97. The van der Waals surface area contributed by atoms with Crippen molar-refractivity contribution in [1.82, 2.24) is 0 Å². The van der Waals surface area contributed by atoms with Gasteiger partial charge >= 0.3 is 0 Å². The summed E-state index contributed by atoms with van der Waals surface area (Å²) in [4.78, 5) is 1.55. The van der Waals surface area contributed by atoms with Crippen LogP contribution in [0.4, 0.5) is 0 Å². The van der Waals surface area contributed by atoms with Gasteiger partial charge in [-0.3, -0.25) is 0 Å². The van der Waals surface area contributed by atoms with Crippen molar-refractivity contribution in [3.05, 3.63) is 57.3 Å². The highest BCUT2D eigenvalue weighted by Crippen LogP contribution is 2.43. The van der Waals surface area contributed by atoms with Crippen LogP contribution in [0.1, 0.15) is 54.7 Å². The van der Waals surface area contributed by atoms with Crippen LogP contribution in [0.5, 0.6) is 0 Å². The Balaban J connectivity index is 2.07. The minimum atomic E-state index is 1.13. The summed E-state index contributed by atoms with van der Waals surface area (Å²) in [6.07, 6.45) is 5.99. The Morgan fingerprint density at radius 3 is 2.60 bits per heavy atom. The number of rotatable bonds is 5. The van der Waals surface area contributed by atoms with Crippen LogP contribution >= 0.6 is 11.3 Å². The second-order valence-electron chi connectivity index (χ2n) is 5.57. The zero-order valence-electron chi connectivity index (χ0n) is 12.4. The van der Waals surface area contributed by atoms with Crippen LogP contribution in [0.25, 0.3) is 11.1 Å². The molecule has 1 aliphatic carbocycles. The van der Waals surface area contributed by atoms with E-state index in [2.05, 4.69) is 49.6 Å². The summed E-state index contributed by atoms with van der Waals surface area (Å²) < 4.78 is 0. The Bertz CT molecular complexity index is 631. The van der Waals surface area contributed by atoms with Gasteiger partial charge in [0.15, 0.2) is 0 Å². The lowest BCUT2D eigenvalue weighted by Crippen LogP contribution is -1.90. The van der Waals surface area contributed by atoms with Crippen LogP contribution in [0.2, 0.25) is 0 Å². The zero-order valence-corrected chi connectivity index (χ0v) is 13.2. The van der Waals surface area contributed by atoms with Gasteiger partial charge in [0.1, 0.15) is 0 Å². The van der Waals surface area contributed by atoms with E-state index in [0.29, 0.717) is 0 Å². The van der Waals surface area contributed by atoms with Gasteiger partial charge in [0.25, 0.3) is 0 Å². The summed E-state index contributed by atoms with van der Waals surface area (Å²) in [6.45, 7) is 4.55. The minimum Gasteiger partial charge on any atom is -0.144 e. The fourth-order valence-corrected chi connectivity index (χ4v) is 4.28. The quantitative estimate of drug-likeness (QED) is 0.634. The first-order valence-corrected chi connectivity index (χ1v) is 8.60. The van der Waals surface area contributed by atoms with Crippen molar-refractivity contribution in [3.63, 3.8) is 0 Å². The first-order valence-electron chi connectivity index (χ1n) is 7.72. The highest BCUT2D eigenvalue weighted by atomic mass is 32.1. The molecule has 0 radical (unpaired) electrons. The van der Waals surface area contributed by atoms with Crippen molar-refractivity contribution in [3.8, 4) is 0 Å². The van der Waals surface area contributed by atoms with Crippen LogP contribution in [0, 0.1) is 0 Å². The Labute approximate surface area is 126 Å². The monoisotopic (exact) mass is 282 g/mol. The van der Waals surface area contributed by atoms with Gasteiger partial charge in [-0.1, -0.05) is 51.0 Å². The molecule has 0 spiro atoms. The minimum absolute atomic E-state index is 1.13. The smallest absolute Gasteiger partial charge is 0.0340 e. The van der Waals surface area contributed by atoms with Gasteiger partial charge in [0.2, 0.25) is 0 Å².